The molecule has 0 unspecified atom stereocenters. The van der Waals surface area contributed by atoms with Crippen LogP contribution in [0.1, 0.15) is 12.0 Å². The van der Waals surface area contributed by atoms with Crippen molar-refractivity contribution in [2.24, 2.45) is 0 Å². The van der Waals surface area contributed by atoms with Gasteiger partial charge in [0.1, 0.15) is 5.75 Å². The van der Waals surface area contributed by atoms with Gasteiger partial charge in [0.05, 0.1) is 20.3 Å². The Balaban J connectivity index is 1.77. The van der Waals surface area contributed by atoms with Gasteiger partial charge in [-0.2, -0.15) is 0 Å². The zero-order chi connectivity index (χ0) is 16.5. The van der Waals surface area contributed by atoms with Crippen LogP contribution in [-0.4, -0.2) is 20.3 Å². The molecule has 0 heterocycles. The minimum atomic E-state index is 0.577. The predicted molar refractivity (Wildman–Crippen MR) is 96.6 cm³/mol. The van der Waals surface area contributed by atoms with E-state index in [1.165, 1.54) is 0 Å². The number of benzene rings is 2. The Labute approximate surface area is 146 Å². The smallest absolute Gasteiger partial charge is 0.161 e. The highest BCUT2D eigenvalue weighted by Gasteiger charge is 2.05. The Morgan fingerprint density at radius 2 is 1.74 bits per heavy atom. The predicted octanol–water partition coefficient (Wildman–Crippen LogP) is 5.03. The molecule has 0 amide bonds. The van der Waals surface area contributed by atoms with Gasteiger partial charge in [0.2, 0.25) is 0 Å². The van der Waals surface area contributed by atoms with Gasteiger partial charge in [-0.3, -0.25) is 0 Å². The Morgan fingerprint density at radius 3 is 2.43 bits per heavy atom. The lowest BCUT2D eigenvalue weighted by Crippen LogP contribution is -2.05. The number of methoxy groups -OCH3 is 1. The average molecular weight is 377 g/mol. The molecular formula is C19H21BrO3. The van der Waals surface area contributed by atoms with Crippen LogP contribution < -0.4 is 14.2 Å². The molecule has 0 aromatic heterocycles. The summed E-state index contributed by atoms with van der Waals surface area (Å²) in [6, 6.07) is 13.7. The summed E-state index contributed by atoms with van der Waals surface area (Å²) in [7, 11) is 1.65. The van der Waals surface area contributed by atoms with E-state index in [-0.39, 0.29) is 0 Å². The highest BCUT2D eigenvalue weighted by molar-refractivity contribution is 9.10. The number of hydrogen-bond acceptors (Lipinski definition) is 3. The van der Waals surface area contributed by atoms with Crippen LogP contribution in [0.3, 0.4) is 0 Å². The maximum absolute atomic E-state index is 5.78. The number of hydrogen-bond donors (Lipinski definition) is 0. The molecule has 122 valence electrons. The van der Waals surface area contributed by atoms with Gasteiger partial charge in [-0.05, 0) is 48.4 Å². The van der Waals surface area contributed by atoms with E-state index in [0.717, 1.165) is 40.1 Å². The molecule has 0 radical (unpaired) electrons. The van der Waals surface area contributed by atoms with Crippen molar-refractivity contribution in [3.63, 3.8) is 0 Å². The first-order chi connectivity index (χ1) is 11.2. The molecule has 0 saturated heterocycles. The summed E-state index contributed by atoms with van der Waals surface area (Å²) in [6.45, 7) is 4.93. The van der Waals surface area contributed by atoms with Crippen LogP contribution in [0.15, 0.2) is 59.6 Å². The maximum atomic E-state index is 5.78. The molecule has 23 heavy (non-hydrogen) atoms. The van der Waals surface area contributed by atoms with Crippen LogP contribution in [-0.2, 0) is 6.42 Å². The Hall–Kier alpha value is -1.94. The molecule has 0 N–H and O–H groups in total. The molecule has 0 aliphatic heterocycles. The summed E-state index contributed by atoms with van der Waals surface area (Å²) in [5.74, 6) is 2.36. The zero-order valence-corrected chi connectivity index (χ0v) is 14.8. The van der Waals surface area contributed by atoms with E-state index in [9.17, 15) is 0 Å². The van der Waals surface area contributed by atoms with Crippen molar-refractivity contribution in [2.45, 2.75) is 12.8 Å². The average Bonchev–Trinajstić information content (AvgIpc) is 2.57. The second-order valence-electron chi connectivity index (χ2n) is 4.98. The van der Waals surface area contributed by atoms with Gasteiger partial charge in [0, 0.05) is 10.9 Å². The first-order valence-electron chi connectivity index (χ1n) is 7.52. The van der Waals surface area contributed by atoms with E-state index >= 15 is 0 Å². The molecule has 2 aromatic rings. The van der Waals surface area contributed by atoms with E-state index in [4.69, 9.17) is 14.2 Å². The zero-order valence-electron chi connectivity index (χ0n) is 13.3. The summed E-state index contributed by atoms with van der Waals surface area (Å²) in [6.07, 6.45) is 3.49. The van der Waals surface area contributed by atoms with Gasteiger partial charge in [-0.25, -0.2) is 0 Å². The molecule has 0 fully saturated rings. The van der Waals surface area contributed by atoms with Gasteiger partial charge >= 0.3 is 0 Å². The molecule has 0 atom stereocenters. The van der Waals surface area contributed by atoms with Crippen molar-refractivity contribution in [3.05, 3.63) is 65.2 Å². The van der Waals surface area contributed by atoms with Gasteiger partial charge in [0.15, 0.2) is 11.5 Å². The normalized spacial score (nSPS) is 10.2. The monoisotopic (exact) mass is 376 g/mol. The number of halogens is 1. The molecule has 0 aliphatic rings. The fourth-order valence-corrected chi connectivity index (χ4v) is 2.35. The number of rotatable bonds is 9. The Kier molecular flexibility index (Phi) is 7.01. The highest BCUT2D eigenvalue weighted by Crippen LogP contribution is 2.28. The molecule has 2 aromatic carbocycles. The molecule has 4 heteroatoms. The van der Waals surface area contributed by atoms with E-state index in [1.54, 1.807) is 7.11 Å². The highest BCUT2D eigenvalue weighted by atomic mass is 79.9. The standard InChI is InChI=1S/C19H21BrO3/c1-3-5-15-6-11-18(19(14-15)21-2)23-13-4-12-22-17-9-7-16(20)8-10-17/h3,6-11,14H,1,4-5,12-13H2,2H3. The topological polar surface area (TPSA) is 27.7 Å². The molecule has 2 rings (SSSR count). The van der Waals surface area contributed by atoms with Crippen molar-refractivity contribution in [1.29, 1.82) is 0 Å². The second kappa shape index (κ2) is 9.26. The van der Waals surface area contributed by atoms with Crippen LogP contribution in [0.25, 0.3) is 0 Å². The van der Waals surface area contributed by atoms with Crippen molar-refractivity contribution in [1.82, 2.24) is 0 Å². The summed E-state index contributed by atoms with van der Waals surface area (Å²) in [4.78, 5) is 0. The SMILES string of the molecule is C=CCc1ccc(OCCCOc2ccc(Br)cc2)c(OC)c1. The van der Waals surface area contributed by atoms with Gasteiger partial charge < -0.3 is 14.2 Å². The number of ether oxygens (including phenoxy) is 3. The molecule has 3 nitrogen and oxygen atoms in total. The van der Waals surface area contributed by atoms with Crippen molar-refractivity contribution < 1.29 is 14.2 Å². The van der Waals surface area contributed by atoms with Crippen molar-refractivity contribution in [2.75, 3.05) is 20.3 Å². The van der Waals surface area contributed by atoms with Crippen molar-refractivity contribution >= 4 is 15.9 Å². The van der Waals surface area contributed by atoms with Gasteiger partial charge in [-0.15, -0.1) is 6.58 Å². The van der Waals surface area contributed by atoms with E-state index in [0.29, 0.717) is 13.2 Å². The molecule has 0 saturated carbocycles. The first kappa shape index (κ1) is 17.4. The minimum Gasteiger partial charge on any atom is -0.493 e. The third kappa shape index (κ3) is 5.64. The lowest BCUT2D eigenvalue weighted by molar-refractivity contribution is 0.240. The fraction of sp³-hybridized carbons (Fsp3) is 0.263. The number of allylic oxidation sites excluding steroid dienone is 1. The van der Waals surface area contributed by atoms with E-state index < -0.39 is 0 Å². The van der Waals surface area contributed by atoms with Crippen LogP contribution >= 0.6 is 15.9 Å². The molecular weight excluding hydrogens is 356 g/mol. The quantitative estimate of drug-likeness (QED) is 0.453. The van der Waals surface area contributed by atoms with Crippen LogP contribution in [0.2, 0.25) is 0 Å². The van der Waals surface area contributed by atoms with E-state index in [2.05, 4.69) is 22.5 Å². The molecule has 0 bridgehead atoms. The minimum absolute atomic E-state index is 0.577. The van der Waals surface area contributed by atoms with Crippen molar-refractivity contribution in [3.8, 4) is 17.2 Å². The van der Waals surface area contributed by atoms with E-state index in [1.807, 2.05) is 48.5 Å². The lowest BCUT2D eigenvalue weighted by Gasteiger charge is -2.12. The molecule has 0 aliphatic carbocycles. The van der Waals surface area contributed by atoms with Crippen LogP contribution in [0.5, 0.6) is 17.2 Å². The summed E-state index contributed by atoms with van der Waals surface area (Å²) in [5.41, 5.74) is 1.16. The Morgan fingerprint density at radius 1 is 1.00 bits per heavy atom. The summed E-state index contributed by atoms with van der Waals surface area (Å²) < 4.78 is 17.9. The summed E-state index contributed by atoms with van der Waals surface area (Å²) >= 11 is 3.40. The third-order valence-electron chi connectivity index (χ3n) is 3.24. The maximum Gasteiger partial charge on any atom is 0.161 e. The Bertz CT molecular complexity index is 623. The van der Waals surface area contributed by atoms with Crippen LogP contribution in [0, 0.1) is 0 Å². The summed E-state index contributed by atoms with van der Waals surface area (Å²) in [5, 5.41) is 0. The third-order valence-corrected chi connectivity index (χ3v) is 3.77. The largest absolute Gasteiger partial charge is 0.493 e. The van der Waals surface area contributed by atoms with Gasteiger partial charge in [0.25, 0.3) is 0 Å². The lowest BCUT2D eigenvalue weighted by atomic mass is 10.1. The fourth-order valence-electron chi connectivity index (χ4n) is 2.09. The van der Waals surface area contributed by atoms with Crippen LogP contribution in [0.4, 0.5) is 0 Å². The first-order valence-corrected chi connectivity index (χ1v) is 8.31. The molecule has 0 spiro atoms. The second-order valence-corrected chi connectivity index (χ2v) is 5.90. The van der Waals surface area contributed by atoms with Gasteiger partial charge in [-0.1, -0.05) is 28.1 Å².